The summed E-state index contributed by atoms with van der Waals surface area (Å²) in [6, 6.07) is 0. The fourth-order valence-corrected chi connectivity index (χ4v) is 4.60. The molecule has 0 heterocycles. The number of nitrogens with zero attached hydrogens (tertiary/aromatic N) is 1. The Morgan fingerprint density at radius 3 is 2.47 bits per heavy atom. The summed E-state index contributed by atoms with van der Waals surface area (Å²) in [6.45, 7) is 9.86. The van der Waals surface area contributed by atoms with E-state index in [4.69, 9.17) is 4.74 Å². The molecule has 1 fully saturated rings. The summed E-state index contributed by atoms with van der Waals surface area (Å²) < 4.78 is 5.49. The number of Topliss-reactive ketones (excluding diaryl/α,β-unsaturated/α-hetero) is 1. The number of aliphatic hydroxyl groups excluding tert-OH is 2. The SMILES string of the molecule is CCCCCC(O)/C=C/[C@H]1C(O)CC(=O)[C@@H]1CCCCCCC(=O)OC(C)N(CC)CC. The number of ketones is 1. The zero-order valence-corrected chi connectivity index (χ0v) is 20.8. The van der Waals surface area contributed by atoms with Crippen LogP contribution in [-0.2, 0) is 14.3 Å². The maximum atomic E-state index is 12.3. The molecule has 0 aliphatic heterocycles. The Morgan fingerprint density at radius 2 is 1.81 bits per heavy atom. The highest BCUT2D eigenvalue weighted by Crippen LogP contribution is 2.34. The van der Waals surface area contributed by atoms with Crippen LogP contribution in [0.3, 0.4) is 0 Å². The van der Waals surface area contributed by atoms with E-state index in [2.05, 4.69) is 25.7 Å². The fraction of sp³-hybridized carbons (Fsp3) is 0.846. The maximum Gasteiger partial charge on any atom is 0.307 e. The van der Waals surface area contributed by atoms with Crippen molar-refractivity contribution in [2.45, 2.75) is 117 Å². The Hall–Kier alpha value is -1.24. The predicted octanol–water partition coefficient (Wildman–Crippen LogP) is 4.62. The van der Waals surface area contributed by atoms with Gasteiger partial charge < -0.3 is 14.9 Å². The standard InChI is InChI=1S/C26H47NO5/c1-5-8-11-14-21(28)17-18-23-22(24(29)19-25(23)30)15-12-9-10-13-16-26(31)32-20(4)27(6-2)7-3/h17-18,20-23,25,28,30H,5-16,19H2,1-4H3/b18-17+/t20?,21?,22-,23-,25?/m1/s1. The van der Waals surface area contributed by atoms with Gasteiger partial charge in [0, 0.05) is 24.7 Å². The molecule has 3 unspecified atom stereocenters. The van der Waals surface area contributed by atoms with E-state index in [0.29, 0.717) is 6.42 Å². The number of ether oxygens (including phenoxy) is 1. The van der Waals surface area contributed by atoms with Crippen LogP contribution in [0.25, 0.3) is 0 Å². The minimum Gasteiger partial charge on any atom is -0.447 e. The van der Waals surface area contributed by atoms with Crippen molar-refractivity contribution in [2.75, 3.05) is 13.1 Å². The lowest BCUT2D eigenvalue weighted by Crippen LogP contribution is -2.36. The van der Waals surface area contributed by atoms with E-state index < -0.39 is 12.2 Å². The Morgan fingerprint density at radius 1 is 1.12 bits per heavy atom. The maximum absolute atomic E-state index is 12.3. The second-order valence-corrected chi connectivity index (χ2v) is 9.13. The van der Waals surface area contributed by atoms with Crippen molar-refractivity contribution < 1.29 is 24.5 Å². The van der Waals surface area contributed by atoms with Crippen molar-refractivity contribution in [3.63, 3.8) is 0 Å². The van der Waals surface area contributed by atoms with E-state index in [-0.39, 0.29) is 36.2 Å². The molecule has 0 aromatic rings. The first-order valence-electron chi connectivity index (χ1n) is 12.8. The van der Waals surface area contributed by atoms with Crippen molar-refractivity contribution in [3.8, 4) is 0 Å². The van der Waals surface area contributed by atoms with Gasteiger partial charge in [-0.3, -0.25) is 14.5 Å². The highest BCUT2D eigenvalue weighted by Gasteiger charge is 2.39. The van der Waals surface area contributed by atoms with Crippen LogP contribution >= 0.6 is 0 Å². The highest BCUT2D eigenvalue weighted by molar-refractivity contribution is 5.84. The summed E-state index contributed by atoms with van der Waals surface area (Å²) in [5.41, 5.74) is 0. The Kier molecular flexibility index (Phi) is 14.7. The van der Waals surface area contributed by atoms with Crippen molar-refractivity contribution in [2.24, 2.45) is 11.8 Å². The molecule has 1 saturated carbocycles. The highest BCUT2D eigenvalue weighted by atomic mass is 16.6. The number of unbranched alkanes of at least 4 members (excludes halogenated alkanes) is 5. The lowest BCUT2D eigenvalue weighted by molar-refractivity contribution is -0.157. The van der Waals surface area contributed by atoms with Crippen LogP contribution < -0.4 is 0 Å². The molecule has 0 amide bonds. The van der Waals surface area contributed by atoms with Crippen LogP contribution in [0.5, 0.6) is 0 Å². The molecular formula is C26H47NO5. The van der Waals surface area contributed by atoms with E-state index in [9.17, 15) is 19.8 Å². The average molecular weight is 454 g/mol. The normalized spacial score (nSPS) is 23.2. The number of hydrogen-bond acceptors (Lipinski definition) is 6. The van der Waals surface area contributed by atoms with Gasteiger partial charge in [-0.05, 0) is 39.3 Å². The van der Waals surface area contributed by atoms with E-state index in [0.717, 1.165) is 70.9 Å². The van der Waals surface area contributed by atoms with Crippen LogP contribution in [0.15, 0.2) is 12.2 Å². The zero-order valence-electron chi connectivity index (χ0n) is 20.8. The molecule has 0 saturated heterocycles. The van der Waals surface area contributed by atoms with Crippen molar-refractivity contribution in [1.82, 2.24) is 4.90 Å². The van der Waals surface area contributed by atoms with Gasteiger partial charge in [-0.25, -0.2) is 0 Å². The lowest BCUT2D eigenvalue weighted by Gasteiger charge is -2.25. The van der Waals surface area contributed by atoms with E-state index >= 15 is 0 Å². The molecule has 0 aromatic heterocycles. The molecule has 1 aliphatic rings. The van der Waals surface area contributed by atoms with Gasteiger partial charge in [0.15, 0.2) is 6.23 Å². The number of hydrogen-bond donors (Lipinski definition) is 2. The summed E-state index contributed by atoms with van der Waals surface area (Å²) in [5, 5.41) is 20.4. The van der Waals surface area contributed by atoms with E-state index in [1.165, 1.54) is 0 Å². The van der Waals surface area contributed by atoms with Gasteiger partial charge in [-0.1, -0.05) is 71.4 Å². The molecule has 2 N–H and O–H groups in total. The molecule has 0 bridgehead atoms. The molecule has 6 heteroatoms. The molecular weight excluding hydrogens is 406 g/mol. The molecule has 5 atom stereocenters. The number of carbonyl (C=O) groups excluding carboxylic acids is 2. The van der Waals surface area contributed by atoms with Crippen LogP contribution in [0.2, 0.25) is 0 Å². The first kappa shape index (κ1) is 28.8. The topological polar surface area (TPSA) is 87.1 Å². The number of esters is 1. The van der Waals surface area contributed by atoms with Crippen LogP contribution in [0.1, 0.15) is 98.3 Å². The largest absolute Gasteiger partial charge is 0.447 e. The molecule has 32 heavy (non-hydrogen) atoms. The minimum absolute atomic E-state index is 0.126. The van der Waals surface area contributed by atoms with Gasteiger partial charge in [-0.15, -0.1) is 0 Å². The van der Waals surface area contributed by atoms with E-state index in [1.807, 2.05) is 13.0 Å². The average Bonchev–Trinajstić information content (AvgIpc) is 3.02. The monoisotopic (exact) mass is 453 g/mol. The fourth-order valence-electron chi connectivity index (χ4n) is 4.60. The summed E-state index contributed by atoms with van der Waals surface area (Å²) in [6.07, 6.45) is 11.2. The molecule has 6 nitrogen and oxygen atoms in total. The molecule has 1 rings (SSSR count). The minimum atomic E-state index is -0.644. The first-order valence-corrected chi connectivity index (χ1v) is 12.8. The number of rotatable bonds is 17. The van der Waals surface area contributed by atoms with Crippen LogP contribution in [0, 0.1) is 11.8 Å². The van der Waals surface area contributed by atoms with Crippen molar-refractivity contribution in [3.05, 3.63) is 12.2 Å². The van der Waals surface area contributed by atoms with Gasteiger partial charge in [-0.2, -0.15) is 0 Å². The van der Waals surface area contributed by atoms with Gasteiger partial charge in [0.05, 0.1) is 12.2 Å². The molecule has 1 aliphatic carbocycles. The summed E-state index contributed by atoms with van der Waals surface area (Å²) in [4.78, 5) is 26.5. The van der Waals surface area contributed by atoms with Gasteiger partial charge in [0.1, 0.15) is 5.78 Å². The summed E-state index contributed by atoms with van der Waals surface area (Å²) in [5.74, 6) is -0.383. The number of carbonyl (C=O) groups is 2. The second-order valence-electron chi connectivity index (χ2n) is 9.13. The van der Waals surface area contributed by atoms with Crippen molar-refractivity contribution in [1.29, 1.82) is 0 Å². The first-order chi connectivity index (χ1) is 15.3. The third-order valence-electron chi connectivity index (χ3n) is 6.67. The Balaban J connectivity index is 2.31. The quantitative estimate of drug-likeness (QED) is 0.145. The van der Waals surface area contributed by atoms with Gasteiger partial charge in [0.25, 0.3) is 0 Å². The Labute approximate surface area is 195 Å². The van der Waals surface area contributed by atoms with Crippen LogP contribution in [0.4, 0.5) is 0 Å². The van der Waals surface area contributed by atoms with Gasteiger partial charge >= 0.3 is 5.97 Å². The molecule has 0 aromatic carbocycles. The lowest BCUT2D eigenvalue weighted by atomic mass is 9.88. The third-order valence-corrected chi connectivity index (χ3v) is 6.67. The van der Waals surface area contributed by atoms with E-state index in [1.54, 1.807) is 6.08 Å². The smallest absolute Gasteiger partial charge is 0.307 e. The number of aliphatic hydroxyl groups is 2. The Bertz CT molecular complexity index is 560. The molecule has 0 radical (unpaired) electrons. The predicted molar refractivity (Wildman–Crippen MR) is 128 cm³/mol. The molecule has 186 valence electrons. The molecule has 0 spiro atoms. The van der Waals surface area contributed by atoms with Crippen molar-refractivity contribution >= 4 is 11.8 Å². The van der Waals surface area contributed by atoms with Gasteiger partial charge in [0.2, 0.25) is 0 Å². The zero-order chi connectivity index (χ0) is 23.9. The third kappa shape index (κ3) is 10.6. The second kappa shape index (κ2) is 16.4. The van der Waals surface area contributed by atoms with Crippen LogP contribution in [-0.4, -0.2) is 58.4 Å². The summed E-state index contributed by atoms with van der Waals surface area (Å²) in [7, 11) is 0. The summed E-state index contributed by atoms with van der Waals surface area (Å²) >= 11 is 0.